The molecule has 1 unspecified atom stereocenters. The molecule has 0 radical (unpaired) electrons. The van der Waals surface area contributed by atoms with Crippen molar-refractivity contribution in [1.29, 1.82) is 0 Å². The number of primary amides is 1. The number of nitrogens with zero attached hydrogens (tertiary/aromatic N) is 1. The van der Waals surface area contributed by atoms with Crippen molar-refractivity contribution in [3.8, 4) is 0 Å². The van der Waals surface area contributed by atoms with Gasteiger partial charge in [0.15, 0.2) is 0 Å². The van der Waals surface area contributed by atoms with Crippen molar-refractivity contribution in [2.45, 2.75) is 13.0 Å². The fraction of sp³-hybridized carbons (Fsp3) is 0.250. The molecule has 0 saturated carbocycles. The van der Waals surface area contributed by atoms with Crippen molar-refractivity contribution >= 4 is 23.4 Å². The molecule has 1 aliphatic rings. The zero-order valence-electron chi connectivity index (χ0n) is 9.84. The molecule has 1 fully saturated rings. The summed E-state index contributed by atoms with van der Waals surface area (Å²) in [5.41, 5.74) is 6.24. The minimum Gasteiger partial charge on any atom is -0.366 e. The highest BCUT2D eigenvalue weighted by Crippen LogP contribution is 2.19. The van der Waals surface area contributed by atoms with E-state index >= 15 is 0 Å². The Kier molecular flexibility index (Phi) is 3.01. The highest BCUT2D eigenvalue weighted by molar-refractivity contribution is 6.04. The third kappa shape index (κ3) is 2.17. The van der Waals surface area contributed by atoms with Gasteiger partial charge in [0.2, 0.25) is 17.7 Å². The van der Waals surface area contributed by atoms with Gasteiger partial charge in [-0.05, 0) is 31.2 Å². The lowest BCUT2D eigenvalue weighted by Crippen LogP contribution is -2.57. The average molecular weight is 247 g/mol. The molecule has 94 valence electrons. The van der Waals surface area contributed by atoms with Gasteiger partial charge in [0.1, 0.15) is 6.04 Å². The van der Waals surface area contributed by atoms with Gasteiger partial charge in [-0.25, -0.2) is 0 Å². The summed E-state index contributed by atoms with van der Waals surface area (Å²) in [4.78, 5) is 35.5. The number of imide groups is 1. The highest BCUT2D eigenvalue weighted by atomic mass is 16.2. The van der Waals surface area contributed by atoms with Crippen molar-refractivity contribution in [2.75, 3.05) is 11.4 Å². The minimum absolute atomic E-state index is 0.114. The quantitative estimate of drug-likeness (QED) is 0.698. The van der Waals surface area contributed by atoms with Gasteiger partial charge in [0.25, 0.3) is 0 Å². The maximum atomic E-state index is 11.5. The number of hydrogen-bond acceptors (Lipinski definition) is 4. The monoisotopic (exact) mass is 247 g/mol. The van der Waals surface area contributed by atoms with Crippen LogP contribution in [0.5, 0.6) is 0 Å². The largest absolute Gasteiger partial charge is 0.366 e. The van der Waals surface area contributed by atoms with Gasteiger partial charge in [-0.15, -0.1) is 0 Å². The maximum Gasteiger partial charge on any atom is 0.249 e. The Balaban J connectivity index is 2.27. The number of carbonyl (C=O) groups is 3. The first-order valence-electron chi connectivity index (χ1n) is 5.49. The number of carbonyl (C=O) groups excluding carboxylic acids is 3. The Bertz CT molecular complexity index is 510. The molecule has 1 saturated heterocycles. The summed E-state index contributed by atoms with van der Waals surface area (Å²) in [6.45, 7) is 1.83. The fourth-order valence-electron chi connectivity index (χ4n) is 1.85. The van der Waals surface area contributed by atoms with E-state index in [9.17, 15) is 14.4 Å². The van der Waals surface area contributed by atoms with Gasteiger partial charge < -0.3 is 10.6 Å². The van der Waals surface area contributed by atoms with Crippen molar-refractivity contribution in [3.63, 3.8) is 0 Å². The lowest BCUT2D eigenvalue weighted by atomic mass is 10.1. The number of nitrogens with one attached hydrogen (secondary N) is 1. The molecule has 1 aromatic rings. The number of rotatable bonds is 2. The second kappa shape index (κ2) is 4.48. The van der Waals surface area contributed by atoms with Crippen molar-refractivity contribution in [1.82, 2.24) is 5.32 Å². The highest BCUT2D eigenvalue weighted by Gasteiger charge is 2.30. The van der Waals surface area contributed by atoms with Crippen LogP contribution in [0.1, 0.15) is 17.3 Å². The Morgan fingerprint density at radius 3 is 2.50 bits per heavy atom. The van der Waals surface area contributed by atoms with Crippen LogP contribution in [0.15, 0.2) is 24.3 Å². The molecular weight excluding hydrogens is 234 g/mol. The number of piperazine rings is 1. The van der Waals surface area contributed by atoms with Crippen LogP contribution in [0.4, 0.5) is 5.69 Å². The minimum atomic E-state index is -0.512. The standard InChI is InChI=1S/C12H13N3O3/c1-7-12(18)14-10(16)6-15(7)9-4-2-8(3-5-9)11(13)17/h2-5,7H,6H2,1H3,(H2,13,17)(H,14,16,18). The topological polar surface area (TPSA) is 92.5 Å². The lowest BCUT2D eigenvalue weighted by molar-refractivity contribution is -0.132. The Morgan fingerprint density at radius 1 is 1.33 bits per heavy atom. The molecule has 0 aliphatic carbocycles. The van der Waals surface area contributed by atoms with Crippen LogP contribution in [0.2, 0.25) is 0 Å². The van der Waals surface area contributed by atoms with Crippen LogP contribution in [0.3, 0.4) is 0 Å². The van der Waals surface area contributed by atoms with Crippen LogP contribution in [0.25, 0.3) is 0 Å². The fourth-order valence-corrected chi connectivity index (χ4v) is 1.85. The van der Waals surface area contributed by atoms with E-state index in [-0.39, 0.29) is 18.4 Å². The molecule has 6 heteroatoms. The van der Waals surface area contributed by atoms with E-state index < -0.39 is 11.9 Å². The molecule has 2 rings (SSSR count). The van der Waals surface area contributed by atoms with Gasteiger partial charge in [-0.1, -0.05) is 0 Å². The molecule has 1 aliphatic heterocycles. The van der Waals surface area contributed by atoms with Gasteiger partial charge >= 0.3 is 0 Å². The summed E-state index contributed by atoms with van der Waals surface area (Å²) in [5.74, 6) is -1.18. The van der Waals surface area contributed by atoms with E-state index in [2.05, 4.69) is 5.32 Å². The number of anilines is 1. The van der Waals surface area contributed by atoms with Gasteiger partial charge in [0.05, 0.1) is 6.54 Å². The summed E-state index contributed by atoms with van der Waals surface area (Å²) in [6.07, 6.45) is 0. The van der Waals surface area contributed by atoms with E-state index in [1.54, 1.807) is 36.1 Å². The molecule has 0 bridgehead atoms. The van der Waals surface area contributed by atoms with Crippen molar-refractivity contribution in [2.24, 2.45) is 5.73 Å². The van der Waals surface area contributed by atoms with E-state index in [1.807, 2.05) is 0 Å². The molecule has 3 amide bonds. The number of benzene rings is 1. The molecule has 0 spiro atoms. The second-order valence-electron chi connectivity index (χ2n) is 4.13. The van der Waals surface area contributed by atoms with Gasteiger partial charge in [-0.3, -0.25) is 19.7 Å². The smallest absolute Gasteiger partial charge is 0.249 e. The summed E-state index contributed by atoms with van der Waals surface area (Å²) >= 11 is 0. The van der Waals surface area contributed by atoms with Gasteiger partial charge in [0, 0.05) is 11.3 Å². The Hall–Kier alpha value is -2.37. The van der Waals surface area contributed by atoms with E-state index in [0.29, 0.717) is 11.3 Å². The average Bonchev–Trinajstić information content (AvgIpc) is 2.34. The molecule has 3 N–H and O–H groups in total. The van der Waals surface area contributed by atoms with Crippen LogP contribution in [-0.2, 0) is 9.59 Å². The summed E-state index contributed by atoms with van der Waals surface area (Å²) in [7, 11) is 0. The second-order valence-corrected chi connectivity index (χ2v) is 4.13. The van der Waals surface area contributed by atoms with Crippen LogP contribution in [0, 0.1) is 0 Å². The molecular formula is C12H13N3O3. The van der Waals surface area contributed by atoms with E-state index in [1.165, 1.54) is 0 Å². The Labute approximate surface area is 104 Å². The van der Waals surface area contributed by atoms with Crippen LogP contribution < -0.4 is 16.0 Å². The Morgan fingerprint density at radius 2 is 1.94 bits per heavy atom. The predicted octanol–water partition coefficient (Wildman–Crippen LogP) is -0.363. The first-order chi connectivity index (χ1) is 8.49. The summed E-state index contributed by atoms with van der Waals surface area (Å²) in [6, 6.07) is 6.05. The number of nitrogens with two attached hydrogens (primary N) is 1. The normalized spacial score (nSPS) is 19.6. The molecule has 1 aromatic carbocycles. The van der Waals surface area contributed by atoms with Crippen LogP contribution >= 0.6 is 0 Å². The van der Waals surface area contributed by atoms with Crippen LogP contribution in [-0.4, -0.2) is 30.3 Å². The van der Waals surface area contributed by atoms with Crippen molar-refractivity contribution in [3.05, 3.63) is 29.8 Å². The number of hydrogen-bond donors (Lipinski definition) is 2. The van der Waals surface area contributed by atoms with E-state index in [0.717, 1.165) is 0 Å². The van der Waals surface area contributed by atoms with Crippen molar-refractivity contribution < 1.29 is 14.4 Å². The molecule has 1 atom stereocenters. The first-order valence-corrected chi connectivity index (χ1v) is 5.49. The zero-order chi connectivity index (χ0) is 13.3. The molecule has 0 aromatic heterocycles. The zero-order valence-corrected chi connectivity index (χ0v) is 9.84. The molecule has 1 heterocycles. The maximum absolute atomic E-state index is 11.5. The number of amides is 3. The first kappa shape index (κ1) is 12.1. The van der Waals surface area contributed by atoms with E-state index in [4.69, 9.17) is 5.73 Å². The molecule has 6 nitrogen and oxygen atoms in total. The third-order valence-electron chi connectivity index (χ3n) is 2.91. The third-order valence-corrected chi connectivity index (χ3v) is 2.91. The van der Waals surface area contributed by atoms with Gasteiger partial charge in [-0.2, -0.15) is 0 Å². The summed E-state index contributed by atoms with van der Waals surface area (Å²) < 4.78 is 0. The lowest BCUT2D eigenvalue weighted by Gasteiger charge is -2.33. The SMILES string of the molecule is CC1C(=O)NC(=O)CN1c1ccc(C(N)=O)cc1. The molecule has 18 heavy (non-hydrogen) atoms. The summed E-state index contributed by atoms with van der Waals surface area (Å²) in [5, 5.41) is 2.26. The predicted molar refractivity (Wildman–Crippen MR) is 64.9 cm³/mol.